The van der Waals surface area contributed by atoms with E-state index in [1.807, 2.05) is 46.1 Å². The number of likely N-dealkylation sites (tertiary alicyclic amines) is 1. The summed E-state index contributed by atoms with van der Waals surface area (Å²) in [5, 5.41) is 7.89. The van der Waals surface area contributed by atoms with Gasteiger partial charge in [-0.15, -0.1) is 12.4 Å². The van der Waals surface area contributed by atoms with Crippen LogP contribution in [0.25, 0.3) is 5.69 Å². The lowest BCUT2D eigenvalue weighted by Gasteiger charge is -2.32. The molecule has 2 aromatic rings. The monoisotopic (exact) mass is 374 g/mol. The minimum atomic E-state index is 0. The third-order valence-electron chi connectivity index (χ3n) is 5.30. The van der Waals surface area contributed by atoms with E-state index >= 15 is 0 Å². The van der Waals surface area contributed by atoms with Gasteiger partial charge in [-0.05, 0) is 61.9 Å². The van der Waals surface area contributed by atoms with Crippen LogP contribution in [-0.2, 0) is 11.2 Å². The van der Waals surface area contributed by atoms with Crippen LogP contribution in [0.15, 0.2) is 42.7 Å². The van der Waals surface area contributed by atoms with Crippen molar-refractivity contribution in [1.82, 2.24) is 20.0 Å². The number of nitrogens with zero attached hydrogens (tertiary/aromatic N) is 3. The Kier molecular flexibility index (Phi) is 6.33. The van der Waals surface area contributed by atoms with Gasteiger partial charge in [0.1, 0.15) is 0 Å². The Morgan fingerprint density at radius 3 is 2.46 bits per heavy atom. The molecule has 1 N–H and O–H groups in total. The van der Waals surface area contributed by atoms with Gasteiger partial charge in [-0.3, -0.25) is 4.79 Å². The number of halogens is 1. The zero-order chi connectivity index (χ0) is 17.1. The van der Waals surface area contributed by atoms with E-state index in [1.54, 1.807) is 6.20 Å². The SMILES string of the molecule is Cl.O=C(Cc1ccc(-n2cccn2)cc1)N1CCC(NCC2CC2)CC1. The van der Waals surface area contributed by atoms with Crippen LogP contribution in [0.4, 0.5) is 0 Å². The van der Waals surface area contributed by atoms with Crippen LogP contribution in [0, 0.1) is 5.92 Å². The molecule has 2 aliphatic rings. The highest BCUT2D eigenvalue weighted by Crippen LogP contribution is 2.28. The number of aromatic nitrogens is 2. The Labute approximate surface area is 161 Å². The van der Waals surface area contributed by atoms with Gasteiger partial charge in [0.2, 0.25) is 5.91 Å². The van der Waals surface area contributed by atoms with Crippen LogP contribution >= 0.6 is 12.4 Å². The van der Waals surface area contributed by atoms with Crippen molar-refractivity contribution >= 4 is 18.3 Å². The van der Waals surface area contributed by atoms with Gasteiger partial charge in [0.15, 0.2) is 0 Å². The molecule has 0 radical (unpaired) electrons. The van der Waals surface area contributed by atoms with Crippen LogP contribution in [0.1, 0.15) is 31.2 Å². The molecule has 1 aliphatic carbocycles. The van der Waals surface area contributed by atoms with Crippen LogP contribution in [-0.4, -0.2) is 46.3 Å². The maximum absolute atomic E-state index is 12.6. The molecule has 1 aromatic heterocycles. The third-order valence-corrected chi connectivity index (χ3v) is 5.30. The summed E-state index contributed by atoms with van der Waals surface area (Å²) in [6.07, 6.45) is 9.11. The molecule has 0 spiro atoms. The van der Waals surface area contributed by atoms with Gasteiger partial charge in [-0.1, -0.05) is 12.1 Å². The Balaban J connectivity index is 0.00000196. The van der Waals surface area contributed by atoms with E-state index in [0.29, 0.717) is 12.5 Å². The second-order valence-electron chi connectivity index (χ2n) is 7.30. The van der Waals surface area contributed by atoms with Gasteiger partial charge >= 0.3 is 0 Å². The smallest absolute Gasteiger partial charge is 0.226 e. The van der Waals surface area contributed by atoms with Crippen molar-refractivity contribution in [2.24, 2.45) is 5.92 Å². The molecule has 140 valence electrons. The molecule has 1 saturated heterocycles. The summed E-state index contributed by atoms with van der Waals surface area (Å²) >= 11 is 0. The van der Waals surface area contributed by atoms with Crippen LogP contribution < -0.4 is 5.32 Å². The fourth-order valence-corrected chi connectivity index (χ4v) is 3.46. The number of hydrogen-bond donors (Lipinski definition) is 1. The summed E-state index contributed by atoms with van der Waals surface area (Å²) in [5.74, 6) is 1.16. The Morgan fingerprint density at radius 2 is 1.85 bits per heavy atom. The van der Waals surface area contributed by atoms with Crippen molar-refractivity contribution in [3.05, 3.63) is 48.3 Å². The third kappa shape index (κ3) is 4.86. The van der Waals surface area contributed by atoms with E-state index in [4.69, 9.17) is 0 Å². The fourth-order valence-electron chi connectivity index (χ4n) is 3.46. The fraction of sp³-hybridized carbons (Fsp3) is 0.500. The largest absolute Gasteiger partial charge is 0.342 e. The van der Waals surface area contributed by atoms with Crippen molar-refractivity contribution < 1.29 is 4.79 Å². The highest BCUT2D eigenvalue weighted by molar-refractivity contribution is 5.85. The molecule has 0 atom stereocenters. The number of piperidine rings is 1. The summed E-state index contributed by atoms with van der Waals surface area (Å²) < 4.78 is 1.82. The summed E-state index contributed by atoms with van der Waals surface area (Å²) in [4.78, 5) is 14.6. The summed E-state index contributed by atoms with van der Waals surface area (Å²) in [5.41, 5.74) is 2.08. The number of rotatable bonds is 6. The molecule has 1 aromatic carbocycles. The van der Waals surface area contributed by atoms with Crippen LogP contribution in [0.3, 0.4) is 0 Å². The van der Waals surface area contributed by atoms with Gasteiger partial charge < -0.3 is 10.2 Å². The van der Waals surface area contributed by atoms with Crippen molar-refractivity contribution in [3.8, 4) is 5.69 Å². The zero-order valence-electron chi connectivity index (χ0n) is 15.0. The van der Waals surface area contributed by atoms with Crippen molar-refractivity contribution in [1.29, 1.82) is 0 Å². The van der Waals surface area contributed by atoms with Crippen molar-refractivity contribution in [2.45, 2.75) is 38.1 Å². The second kappa shape index (κ2) is 8.69. The summed E-state index contributed by atoms with van der Waals surface area (Å²) in [7, 11) is 0. The molecule has 1 aliphatic heterocycles. The first-order valence-electron chi connectivity index (χ1n) is 9.38. The summed E-state index contributed by atoms with van der Waals surface area (Å²) in [6, 6.07) is 10.6. The van der Waals surface area contributed by atoms with E-state index < -0.39 is 0 Å². The van der Waals surface area contributed by atoms with Crippen LogP contribution in [0.2, 0.25) is 0 Å². The molecule has 4 rings (SSSR count). The predicted octanol–water partition coefficient (Wildman–Crippen LogP) is 2.83. The quantitative estimate of drug-likeness (QED) is 0.845. The van der Waals surface area contributed by atoms with Gasteiger partial charge in [0.25, 0.3) is 0 Å². The lowest BCUT2D eigenvalue weighted by molar-refractivity contribution is -0.131. The van der Waals surface area contributed by atoms with E-state index in [-0.39, 0.29) is 18.3 Å². The average molecular weight is 375 g/mol. The molecule has 1 saturated carbocycles. The maximum Gasteiger partial charge on any atom is 0.226 e. The van der Waals surface area contributed by atoms with Crippen molar-refractivity contribution in [3.63, 3.8) is 0 Å². The number of hydrogen-bond acceptors (Lipinski definition) is 3. The Hall–Kier alpha value is -1.85. The zero-order valence-corrected chi connectivity index (χ0v) is 15.8. The van der Waals surface area contributed by atoms with Gasteiger partial charge in [0.05, 0.1) is 12.1 Å². The highest BCUT2D eigenvalue weighted by Gasteiger charge is 2.25. The first-order valence-corrected chi connectivity index (χ1v) is 9.38. The first kappa shape index (κ1) is 18.9. The molecule has 1 amide bonds. The lowest BCUT2D eigenvalue weighted by atomic mass is 10.0. The summed E-state index contributed by atoms with van der Waals surface area (Å²) in [6.45, 7) is 2.93. The van der Waals surface area contributed by atoms with Gasteiger partial charge in [-0.25, -0.2) is 4.68 Å². The maximum atomic E-state index is 12.6. The molecule has 26 heavy (non-hydrogen) atoms. The second-order valence-corrected chi connectivity index (χ2v) is 7.30. The molecule has 0 unspecified atom stereocenters. The Bertz CT molecular complexity index is 689. The highest BCUT2D eigenvalue weighted by atomic mass is 35.5. The number of benzene rings is 1. The molecular formula is C20H27ClN4O. The number of nitrogens with one attached hydrogen (secondary N) is 1. The normalized spacial score (nSPS) is 17.8. The average Bonchev–Trinajstić information content (AvgIpc) is 3.32. The standard InChI is InChI=1S/C20H26N4O.ClH/c25-20(23-12-8-18(9-13-23)21-15-17-2-3-17)14-16-4-6-19(7-5-16)24-11-1-10-22-24;/h1,4-7,10-11,17-18,21H,2-3,8-9,12-15H2;1H. The molecule has 5 nitrogen and oxygen atoms in total. The van der Waals surface area contributed by atoms with Gasteiger partial charge in [0, 0.05) is 31.5 Å². The Morgan fingerprint density at radius 1 is 1.12 bits per heavy atom. The van der Waals surface area contributed by atoms with E-state index in [9.17, 15) is 4.79 Å². The van der Waals surface area contributed by atoms with Crippen LogP contribution in [0.5, 0.6) is 0 Å². The van der Waals surface area contributed by atoms with E-state index in [2.05, 4.69) is 10.4 Å². The predicted molar refractivity (Wildman–Crippen MR) is 105 cm³/mol. The number of carbonyl (C=O) groups is 1. The first-order chi connectivity index (χ1) is 12.3. The number of amides is 1. The number of carbonyl (C=O) groups excluding carboxylic acids is 1. The molecule has 0 bridgehead atoms. The molecule has 6 heteroatoms. The van der Waals surface area contributed by atoms with Gasteiger partial charge in [-0.2, -0.15) is 5.10 Å². The molecule has 2 fully saturated rings. The molecule has 2 heterocycles. The minimum absolute atomic E-state index is 0. The van der Waals surface area contributed by atoms with E-state index in [1.165, 1.54) is 19.4 Å². The molecular weight excluding hydrogens is 348 g/mol. The lowest BCUT2D eigenvalue weighted by Crippen LogP contribution is -2.45. The topological polar surface area (TPSA) is 50.2 Å². The van der Waals surface area contributed by atoms with Crippen molar-refractivity contribution in [2.75, 3.05) is 19.6 Å². The van der Waals surface area contributed by atoms with E-state index in [0.717, 1.165) is 43.1 Å². The minimum Gasteiger partial charge on any atom is -0.342 e.